The van der Waals surface area contributed by atoms with E-state index in [1.807, 2.05) is 66.7 Å². The Morgan fingerprint density at radius 1 is 0.974 bits per heavy atom. The number of ether oxygens (including phenoxy) is 2. The lowest BCUT2D eigenvalue weighted by Crippen LogP contribution is -2.08. The van der Waals surface area contributed by atoms with Crippen molar-refractivity contribution in [3.05, 3.63) is 107 Å². The summed E-state index contributed by atoms with van der Waals surface area (Å²) in [4.78, 5) is 11.8. The highest BCUT2D eigenvalue weighted by Gasteiger charge is 2.25. The summed E-state index contributed by atoms with van der Waals surface area (Å²) in [6.07, 6.45) is 1.95. The van der Waals surface area contributed by atoms with E-state index in [4.69, 9.17) is 14.7 Å². The topological polar surface area (TPSA) is 59.3 Å². The molecule has 39 heavy (non-hydrogen) atoms. The van der Waals surface area contributed by atoms with Crippen molar-refractivity contribution >= 4 is 12.0 Å². The molecule has 0 amide bonds. The lowest BCUT2D eigenvalue weighted by molar-refractivity contribution is -0.135. The van der Waals surface area contributed by atoms with Gasteiger partial charge in [0.2, 0.25) is 0 Å². The number of benzene rings is 3. The molecule has 0 spiro atoms. The Bertz CT molecular complexity index is 1260. The van der Waals surface area contributed by atoms with Gasteiger partial charge in [0.15, 0.2) is 0 Å². The molecule has 3 aromatic rings. The second-order valence-electron chi connectivity index (χ2n) is 9.32. The van der Waals surface area contributed by atoms with Gasteiger partial charge in [-0.2, -0.15) is 18.4 Å². The van der Waals surface area contributed by atoms with Gasteiger partial charge in [0.05, 0.1) is 30.9 Å². The summed E-state index contributed by atoms with van der Waals surface area (Å²) in [6.45, 7) is 0.218. The lowest BCUT2D eigenvalue weighted by Gasteiger charge is -2.15. The molecule has 4 nitrogen and oxygen atoms in total. The van der Waals surface area contributed by atoms with Crippen LogP contribution in [0, 0.1) is 17.2 Å². The van der Waals surface area contributed by atoms with Crippen LogP contribution in [0.2, 0.25) is 0 Å². The monoisotopic (exact) mass is 535 g/mol. The van der Waals surface area contributed by atoms with Crippen molar-refractivity contribution in [3.8, 4) is 11.8 Å². The van der Waals surface area contributed by atoms with Crippen LogP contribution in [0.5, 0.6) is 5.75 Å². The molecule has 0 aliphatic heterocycles. The molecule has 3 rings (SSSR count). The molecule has 0 saturated heterocycles. The molecule has 7 heteroatoms. The van der Waals surface area contributed by atoms with E-state index in [1.54, 1.807) is 12.1 Å². The van der Waals surface area contributed by atoms with Gasteiger partial charge in [-0.25, -0.2) is 4.79 Å². The molecule has 1 unspecified atom stereocenters. The summed E-state index contributed by atoms with van der Waals surface area (Å²) in [5.41, 5.74) is 4.18. The second kappa shape index (κ2) is 14.8. The molecule has 0 radical (unpaired) electrons. The van der Waals surface area contributed by atoms with Gasteiger partial charge in [0, 0.05) is 12.0 Å². The van der Waals surface area contributed by atoms with Crippen LogP contribution >= 0.6 is 0 Å². The van der Waals surface area contributed by atoms with Gasteiger partial charge in [0.25, 0.3) is 0 Å². The Morgan fingerprint density at radius 2 is 1.67 bits per heavy atom. The van der Waals surface area contributed by atoms with E-state index in [9.17, 15) is 18.0 Å². The number of para-hydroxylation sites is 1. The average Bonchev–Trinajstić information content (AvgIpc) is 2.94. The zero-order valence-electron chi connectivity index (χ0n) is 21.9. The highest BCUT2D eigenvalue weighted by atomic mass is 19.4. The smallest absolute Gasteiger partial charge is 0.389 e. The van der Waals surface area contributed by atoms with Crippen molar-refractivity contribution in [3.63, 3.8) is 0 Å². The average molecular weight is 536 g/mol. The minimum absolute atomic E-state index is 0.0354. The number of nitrogens with zero attached hydrogens (tertiary/aromatic N) is 1. The Balaban J connectivity index is 1.70. The first-order valence-corrected chi connectivity index (χ1v) is 12.9. The highest BCUT2D eigenvalue weighted by molar-refractivity contribution is 5.89. The highest BCUT2D eigenvalue weighted by Crippen LogP contribution is 2.25. The lowest BCUT2D eigenvalue weighted by atomic mass is 9.91. The van der Waals surface area contributed by atoms with E-state index in [0.29, 0.717) is 23.3 Å². The van der Waals surface area contributed by atoms with Gasteiger partial charge in [-0.05, 0) is 79.5 Å². The number of unbranched alkanes of at least 4 members (excludes halogenated alkanes) is 1. The first kappa shape index (κ1) is 29.5. The summed E-state index contributed by atoms with van der Waals surface area (Å²) in [6, 6.07) is 24.5. The third-order valence-corrected chi connectivity index (χ3v) is 6.34. The van der Waals surface area contributed by atoms with Crippen LogP contribution in [0.3, 0.4) is 0 Å². The van der Waals surface area contributed by atoms with Gasteiger partial charge in [0.1, 0.15) is 5.75 Å². The maximum Gasteiger partial charge on any atom is 0.389 e. The fraction of sp³-hybridized carbons (Fsp3) is 0.312. The quantitative estimate of drug-likeness (QED) is 0.165. The molecule has 3 aromatic carbocycles. The van der Waals surface area contributed by atoms with E-state index in [1.165, 1.54) is 7.11 Å². The third-order valence-electron chi connectivity index (χ3n) is 6.34. The zero-order valence-corrected chi connectivity index (χ0v) is 21.9. The minimum Gasteiger partial charge on any atom is -0.493 e. The summed E-state index contributed by atoms with van der Waals surface area (Å²) >= 11 is 0. The number of carbonyl (C=O) groups is 1. The SMILES string of the molecule is COC(=O)c1ccc(CC(C=Cc2ccccc2OCCCCC(F)(F)F)CCc2ccc(C#N)cc2)cc1. The van der Waals surface area contributed by atoms with Crippen molar-refractivity contribution in [1.29, 1.82) is 5.26 Å². The number of rotatable bonds is 13. The Kier molecular flexibility index (Phi) is 11.2. The summed E-state index contributed by atoms with van der Waals surface area (Å²) in [5.74, 6) is 0.410. The number of esters is 1. The largest absolute Gasteiger partial charge is 0.493 e. The third kappa shape index (κ3) is 10.3. The van der Waals surface area contributed by atoms with Crippen LogP contribution in [-0.2, 0) is 17.6 Å². The number of halogens is 3. The summed E-state index contributed by atoms with van der Waals surface area (Å²) in [7, 11) is 1.35. The Hall–Kier alpha value is -4.05. The van der Waals surface area contributed by atoms with Crippen molar-refractivity contribution in [2.75, 3.05) is 13.7 Å². The van der Waals surface area contributed by atoms with Crippen LogP contribution in [-0.4, -0.2) is 25.9 Å². The fourth-order valence-electron chi connectivity index (χ4n) is 4.16. The molecule has 0 aliphatic rings. The molecule has 204 valence electrons. The summed E-state index contributed by atoms with van der Waals surface area (Å²) < 4.78 is 47.8. The number of hydrogen-bond donors (Lipinski definition) is 0. The summed E-state index contributed by atoms with van der Waals surface area (Å²) in [5, 5.41) is 9.05. The number of carbonyl (C=O) groups excluding carboxylic acids is 1. The number of nitriles is 1. The van der Waals surface area contributed by atoms with Crippen molar-refractivity contribution < 1.29 is 27.4 Å². The maximum atomic E-state index is 12.4. The second-order valence-corrected chi connectivity index (χ2v) is 9.32. The molecule has 1 atom stereocenters. The number of hydrogen-bond acceptors (Lipinski definition) is 4. The molecule has 0 heterocycles. The van der Waals surface area contributed by atoms with Gasteiger partial charge in [-0.1, -0.05) is 54.6 Å². The predicted octanol–water partition coefficient (Wildman–Crippen LogP) is 7.96. The number of alkyl halides is 3. The maximum absolute atomic E-state index is 12.4. The van der Waals surface area contributed by atoms with Crippen LogP contribution in [0.4, 0.5) is 13.2 Å². The van der Waals surface area contributed by atoms with Crippen molar-refractivity contribution in [2.45, 2.75) is 44.7 Å². The van der Waals surface area contributed by atoms with Gasteiger partial charge < -0.3 is 9.47 Å². The van der Waals surface area contributed by atoms with Gasteiger partial charge in [-0.15, -0.1) is 0 Å². The molecular formula is C32H32F3NO3. The Morgan fingerprint density at radius 3 is 2.33 bits per heavy atom. The first-order valence-electron chi connectivity index (χ1n) is 12.9. The number of aryl methyl sites for hydroxylation is 1. The predicted molar refractivity (Wildman–Crippen MR) is 145 cm³/mol. The zero-order chi connectivity index (χ0) is 28.1. The van der Waals surface area contributed by atoms with E-state index in [-0.39, 0.29) is 24.9 Å². The molecule has 0 N–H and O–H groups in total. The number of methoxy groups -OCH3 is 1. The van der Waals surface area contributed by atoms with Crippen LogP contribution in [0.1, 0.15) is 58.3 Å². The van der Waals surface area contributed by atoms with Crippen molar-refractivity contribution in [1.82, 2.24) is 0 Å². The van der Waals surface area contributed by atoms with E-state index < -0.39 is 12.6 Å². The standard InChI is InChI=1S/C32H32F3NO3/c1-38-31(37)29-18-15-26(16-19-29)22-25(11-8-24-9-12-27(23-36)13-10-24)14-17-28-6-2-3-7-30(28)39-21-5-4-20-32(33,34)35/h2-3,6-7,9-10,12-19,25H,4-5,8,11,20-22H2,1H3. The molecule has 0 aromatic heterocycles. The van der Waals surface area contributed by atoms with Crippen LogP contribution < -0.4 is 4.74 Å². The fourth-order valence-corrected chi connectivity index (χ4v) is 4.16. The molecule has 0 saturated carbocycles. The van der Waals surface area contributed by atoms with E-state index in [0.717, 1.165) is 36.0 Å². The molecule has 0 fully saturated rings. The minimum atomic E-state index is -4.15. The van der Waals surface area contributed by atoms with Crippen LogP contribution in [0.25, 0.3) is 6.08 Å². The molecule has 0 bridgehead atoms. The van der Waals surface area contributed by atoms with Crippen LogP contribution in [0.15, 0.2) is 78.9 Å². The Labute approximate surface area is 227 Å². The van der Waals surface area contributed by atoms with E-state index in [2.05, 4.69) is 12.1 Å². The first-order chi connectivity index (χ1) is 18.8. The van der Waals surface area contributed by atoms with Gasteiger partial charge >= 0.3 is 12.1 Å². The number of allylic oxidation sites excluding steroid dienone is 1. The van der Waals surface area contributed by atoms with E-state index >= 15 is 0 Å². The molecular weight excluding hydrogens is 503 g/mol. The van der Waals surface area contributed by atoms with Gasteiger partial charge in [-0.3, -0.25) is 0 Å². The normalized spacial score (nSPS) is 12.2. The molecule has 0 aliphatic carbocycles. The van der Waals surface area contributed by atoms with Crippen molar-refractivity contribution in [2.24, 2.45) is 5.92 Å².